The highest BCUT2D eigenvalue weighted by molar-refractivity contribution is 9.11. The third kappa shape index (κ3) is 3.12. The summed E-state index contributed by atoms with van der Waals surface area (Å²) in [6.45, 7) is 0.894. The van der Waals surface area contributed by atoms with Crippen LogP contribution in [0.25, 0.3) is 5.65 Å². The Morgan fingerprint density at radius 3 is 2.62 bits per heavy atom. The molecule has 0 atom stereocenters. The molecule has 3 aromatic rings. The lowest BCUT2D eigenvalue weighted by molar-refractivity contribution is 0.298. The van der Waals surface area contributed by atoms with E-state index in [0.717, 1.165) is 31.6 Å². The van der Waals surface area contributed by atoms with Gasteiger partial charge in [-0.2, -0.15) is 0 Å². The zero-order chi connectivity index (χ0) is 14.8. The summed E-state index contributed by atoms with van der Waals surface area (Å²) in [7, 11) is 0. The predicted octanol–water partition coefficient (Wildman–Crippen LogP) is 3.90. The average molecular weight is 411 g/mol. The molecule has 21 heavy (non-hydrogen) atoms. The van der Waals surface area contributed by atoms with Gasteiger partial charge in [-0.1, -0.05) is 6.07 Å². The van der Waals surface area contributed by atoms with E-state index < -0.39 is 0 Å². The molecule has 0 aliphatic heterocycles. The maximum absolute atomic E-state index is 5.87. The van der Waals surface area contributed by atoms with Crippen LogP contribution in [0, 0.1) is 0 Å². The highest BCUT2D eigenvalue weighted by Crippen LogP contribution is 2.35. The van der Waals surface area contributed by atoms with E-state index in [2.05, 4.69) is 36.8 Å². The highest BCUT2D eigenvalue weighted by Gasteiger charge is 2.10. The van der Waals surface area contributed by atoms with Gasteiger partial charge in [0.25, 0.3) is 0 Å². The maximum atomic E-state index is 5.87. The summed E-state index contributed by atoms with van der Waals surface area (Å²) in [5.74, 6) is 0.754. The van der Waals surface area contributed by atoms with Crippen molar-refractivity contribution in [3.63, 3.8) is 0 Å². The standard InChI is InChI=1S/C15H13Br2N3O/c16-12-5-10(7-18)6-13(17)15(12)21-9-11-8-20-4-2-1-3-14(20)19-11/h1-6,8H,7,9,18H2. The van der Waals surface area contributed by atoms with Gasteiger partial charge in [0.1, 0.15) is 18.0 Å². The number of ether oxygens (including phenoxy) is 1. The van der Waals surface area contributed by atoms with Crippen LogP contribution in [0.5, 0.6) is 5.75 Å². The van der Waals surface area contributed by atoms with Crippen LogP contribution in [0.15, 0.2) is 51.7 Å². The van der Waals surface area contributed by atoms with E-state index in [9.17, 15) is 0 Å². The van der Waals surface area contributed by atoms with Crippen molar-refractivity contribution in [1.29, 1.82) is 0 Å². The first kappa shape index (κ1) is 14.6. The minimum Gasteiger partial charge on any atom is -0.485 e. The number of nitrogens with two attached hydrogens (primary N) is 1. The lowest BCUT2D eigenvalue weighted by atomic mass is 10.2. The van der Waals surface area contributed by atoms with Gasteiger partial charge in [0, 0.05) is 18.9 Å². The number of fused-ring (bicyclic) bond motifs is 1. The second-order valence-corrected chi connectivity index (χ2v) is 6.29. The Labute approximate surface area is 139 Å². The Morgan fingerprint density at radius 2 is 1.95 bits per heavy atom. The number of imidazole rings is 1. The fraction of sp³-hybridized carbons (Fsp3) is 0.133. The van der Waals surface area contributed by atoms with Crippen LogP contribution in [0.4, 0.5) is 0 Å². The minimum absolute atomic E-state index is 0.404. The molecule has 1 aromatic carbocycles. The van der Waals surface area contributed by atoms with Gasteiger partial charge in [0.05, 0.1) is 14.6 Å². The van der Waals surface area contributed by atoms with Crippen molar-refractivity contribution in [2.45, 2.75) is 13.2 Å². The molecule has 0 fully saturated rings. The molecule has 2 N–H and O–H groups in total. The Kier molecular flexibility index (Phi) is 4.28. The molecule has 6 heteroatoms. The van der Waals surface area contributed by atoms with Gasteiger partial charge in [-0.15, -0.1) is 0 Å². The number of pyridine rings is 1. The monoisotopic (exact) mass is 409 g/mol. The number of halogens is 2. The molecule has 0 bridgehead atoms. The van der Waals surface area contributed by atoms with E-state index in [1.54, 1.807) is 0 Å². The number of hydrogen-bond donors (Lipinski definition) is 1. The number of nitrogens with zero attached hydrogens (tertiary/aromatic N) is 2. The molecule has 0 saturated carbocycles. The zero-order valence-corrected chi connectivity index (χ0v) is 14.3. The molecule has 0 aliphatic carbocycles. The van der Waals surface area contributed by atoms with E-state index in [1.807, 2.05) is 47.1 Å². The fourth-order valence-electron chi connectivity index (χ4n) is 2.07. The summed E-state index contributed by atoms with van der Waals surface area (Å²) >= 11 is 7.02. The first-order valence-corrected chi connectivity index (χ1v) is 7.99. The molecule has 2 heterocycles. The predicted molar refractivity (Wildman–Crippen MR) is 89.3 cm³/mol. The lowest BCUT2D eigenvalue weighted by Gasteiger charge is -2.10. The number of rotatable bonds is 4. The molecule has 0 saturated heterocycles. The van der Waals surface area contributed by atoms with E-state index in [4.69, 9.17) is 10.5 Å². The average Bonchev–Trinajstić information content (AvgIpc) is 2.88. The van der Waals surface area contributed by atoms with Crippen molar-refractivity contribution in [3.8, 4) is 5.75 Å². The topological polar surface area (TPSA) is 52.5 Å². The third-order valence-corrected chi connectivity index (χ3v) is 4.25. The van der Waals surface area contributed by atoms with E-state index in [1.165, 1.54) is 0 Å². The van der Waals surface area contributed by atoms with Crippen molar-refractivity contribution < 1.29 is 4.74 Å². The van der Waals surface area contributed by atoms with Crippen LogP contribution in [-0.2, 0) is 13.2 Å². The molecule has 0 radical (unpaired) electrons. The molecule has 2 aromatic heterocycles. The van der Waals surface area contributed by atoms with Crippen LogP contribution in [0.1, 0.15) is 11.3 Å². The maximum Gasteiger partial charge on any atom is 0.148 e. The molecule has 0 spiro atoms. The van der Waals surface area contributed by atoms with E-state index in [-0.39, 0.29) is 0 Å². The minimum atomic E-state index is 0.404. The molecular weight excluding hydrogens is 398 g/mol. The van der Waals surface area contributed by atoms with Gasteiger partial charge >= 0.3 is 0 Å². The van der Waals surface area contributed by atoms with Crippen molar-refractivity contribution in [2.24, 2.45) is 5.73 Å². The normalized spacial score (nSPS) is 11.0. The van der Waals surface area contributed by atoms with Gasteiger partial charge in [0.2, 0.25) is 0 Å². The Hall–Kier alpha value is -1.37. The van der Waals surface area contributed by atoms with Crippen LogP contribution >= 0.6 is 31.9 Å². The quantitative estimate of drug-likeness (QED) is 0.709. The van der Waals surface area contributed by atoms with E-state index in [0.29, 0.717) is 13.2 Å². The lowest BCUT2D eigenvalue weighted by Crippen LogP contribution is -2.00. The van der Waals surface area contributed by atoms with Gasteiger partial charge in [0.15, 0.2) is 0 Å². The zero-order valence-electron chi connectivity index (χ0n) is 11.1. The van der Waals surface area contributed by atoms with Gasteiger partial charge in [-0.05, 0) is 61.7 Å². The first-order valence-electron chi connectivity index (χ1n) is 6.41. The molecule has 3 rings (SSSR count). The van der Waals surface area contributed by atoms with Crippen LogP contribution < -0.4 is 10.5 Å². The largest absolute Gasteiger partial charge is 0.485 e. The van der Waals surface area contributed by atoms with Crippen molar-refractivity contribution in [1.82, 2.24) is 9.38 Å². The smallest absolute Gasteiger partial charge is 0.148 e. The SMILES string of the molecule is NCc1cc(Br)c(OCc2cn3ccccc3n2)c(Br)c1. The number of benzene rings is 1. The van der Waals surface area contributed by atoms with Crippen molar-refractivity contribution in [2.75, 3.05) is 0 Å². The fourth-order valence-corrected chi connectivity index (χ4v) is 3.58. The molecule has 0 unspecified atom stereocenters. The summed E-state index contributed by atoms with van der Waals surface area (Å²) in [6, 6.07) is 9.82. The number of aromatic nitrogens is 2. The highest BCUT2D eigenvalue weighted by atomic mass is 79.9. The number of hydrogen-bond acceptors (Lipinski definition) is 3. The summed E-state index contributed by atoms with van der Waals surface area (Å²) in [5.41, 5.74) is 8.47. The summed E-state index contributed by atoms with van der Waals surface area (Å²) in [4.78, 5) is 4.51. The van der Waals surface area contributed by atoms with Gasteiger partial charge < -0.3 is 14.9 Å². The Bertz CT molecular complexity index is 729. The van der Waals surface area contributed by atoms with E-state index >= 15 is 0 Å². The van der Waals surface area contributed by atoms with Crippen LogP contribution in [-0.4, -0.2) is 9.38 Å². The van der Waals surface area contributed by atoms with Gasteiger partial charge in [-0.3, -0.25) is 0 Å². The summed E-state index contributed by atoms with van der Waals surface area (Å²) in [5, 5.41) is 0. The van der Waals surface area contributed by atoms with Gasteiger partial charge in [-0.25, -0.2) is 4.98 Å². The Balaban J connectivity index is 1.81. The van der Waals surface area contributed by atoms with Crippen LogP contribution in [0.3, 0.4) is 0 Å². The Morgan fingerprint density at radius 1 is 1.19 bits per heavy atom. The third-order valence-electron chi connectivity index (χ3n) is 3.07. The van der Waals surface area contributed by atoms with Crippen LogP contribution in [0.2, 0.25) is 0 Å². The molecule has 4 nitrogen and oxygen atoms in total. The second-order valence-electron chi connectivity index (χ2n) is 4.58. The summed E-state index contributed by atoms with van der Waals surface area (Å²) < 4.78 is 9.60. The molecular formula is C15H13Br2N3O. The second kappa shape index (κ2) is 6.17. The summed E-state index contributed by atoms with van der Waals surface area (Å²) in [6.07, 6.45) is 3.93. The molecule has 0 amide bonds. The molecule has 108 valence electrons. The molecule has 0 aliphatic rings. The van der Waals surface area contributed by atoms with Crippen molar-refractivity contribution in [3.05, 3.63) is 62.9 Å². The van der Waals surface area contributed by atoms with Crippen molar-refractivity contribution >= 4 is 37.5 Å². The first-order chi connectivity index (χ1) is 10.2.